The molecule has 19 heavy (non-hydrogen) atoms. The third-order valence-electron chi connectivity index (χ3n) is 3.23. The van der Waals surface area contributed by atoms with Crippen LogP contribution in [0, 0.1) is 0 Å². The summed E-state index contributed by atoms with van der Waals surface area (Å²) in [5.41, 5.74) is 2.76. The van der Waals surface area contributed by atoms with E-state index >= 15 is 0 Å². The van der Waals surface area contributed by atoms with E-state index in [0.29, 0.717) is 5.25 Å². The third-order valence-corrected chi connectivity index (χ3v) is 6.28. The van der Waals surface area contributed by atoms with Crippen molar-refractivity contribution in [1.29, 1.82) is 0 Å². The van der Waals surface area contributed by atoms with Gasteiger partial charge < -0.3 is 0 Å². The van der Waals surface area contributed by atoms with Crippen LogP contribution in [0.1, 0.15) is 11.1 Å². The highest BCUT2D eigenvalue weighted by molar-refractivity contribution is 8.03. The van der Waals surface area contributed by atoms with Crippen molar-refractivity contribution in [3.63, 3.8) is 0 Å². The average Bonchev–Trinajstić information content (AvgIpc) is 2.83. The molecule has 2 aromatic carbocycles. The molecule has 0 saturated carbocycles. The fourth-order valence-corrected chi connectivity index (χ4v) is 5.16. The first kappa shape index (κ1) is 13.4. The molecule has 98 valence electrons. The van der Waals surface area contributed by atoms with Crippen molar-refractivity contribution in [1.82, 2.24) is 0 Å². The summed E-state index contributed by atoms with van der Waals surface area (Å²) in [6, 6.07) is 16.9. The predicted molar refractivity (Wildman–Crippen MR) is 87.4 cm³/mol. The zero-order valence-corrected chi connectivity index (χ0v) is 12.9. The highest BCUT2D eigenvalue weighted by atomic mass is 35.5. The molecule has 2 aromatic rings. The second kappa shape index (κ2) is 6.25. The molecule has 0 fully saturated rings. The molecule has 0 spiro atoms. The molecule has 3 rings (SSSR count). The molecule has 1 atom stereocenters. The largest absolute Gasteiger partial charge is 0.156 e. The van der Waals surface area contributed by atoms with Crippen molar-refractivity contribution < 1.29 is 0 Å². The summed E-state index contributed by atoms with van der Waals surface area (Å²) in [6.07, 6.45) is 1.20. The van der Waals surface area contributed by atoms with Gasteiger partial charge in [0.05, 0.1) is 0 Å². The Balaban J connectivity index is 1.51. The Morgan fingerprint density at radius 1 is 1.11 bits per heavy atom. The van der Waals surface area contributed by atoms with Crippen molar-refractivity contribution in [3.8, 4) is 0 Å². The molecular weight excluding hydrogens is 292 g/mol. The molecule has 1 aliphatic heterocycles. The zero-order valence-electron chi connectivity index (χ0n) is 10.5. The van der Waals surface area contributed by atoms with Gasteiger partial charge in [-0.25, -0.2) is 0 Å². The first-order valence-corrected chi connectivity index (χ1v) is 8.80. The Labute approximate surface area is 127 Å². The molecule has 1 aliphatic rings. The van der Waals surface area contributed by atoms with Crippen LogP contribution < -0.4 is 0 Å². The number of benzene rings is 2. The van der Waals surface area contributed by atoms with Gasteiger partial charge in [-0.1, -0.05) is 48.0 Å². The highest BCUT2D eigenvalue weighted by Crippen LogP contribution is 2.38. The lowest BCUT2D eigenvalue weighted by Crippen LogP contribution is -2.04. The van der Waals surface area contributed by atoms with Gasteiger partial charge >= 0.3 is 0 Å². The van der Waals surface area contributed by atoms with Crippen molar-refractivity contribution in [3.05, 3.63) is 64.7 Å². The van der Waals surface area contributed by atoms with E-state index in [1.165, 1.54) is 28.2 Å². The summed E-state index contributed by atoms with van der Waals surface area (Å²) in [5, 5.41) is 1.60. The number of hydrogen-bond acceptors (Lipinski definition) is 2. The van der Waals surface area contributed by atoms with Crippen LogP contribution in [0.15, 0.2) is 53.4 Å². The lowest BCUT2D eigenvalue weighted by molar-refractivity contribution is 0.970. The first-order chi connectivity index (χ1) is 9.33. The number of fused-ring (bicyclic) bond motifs is 1. The summed E-state index contributed by atoms with van der Waals surface area (Å²) in [5.74, 6) is 2.19. The maximum Gasteiger partial charge on any atom is 0.0446 e. The van der Waals surface area contributed by atoms with Crippen molar-refractivity contribution >= 4 is 35.1 Å². The molecule has 1 unspecified atom stereocenters. The summed E-state index contributed by atoms with van der Waals surface area (Å²) in [6.45, 7) is 0. The molecule has 0 radical (unpaired) electrons. The van der Waals surface area contributed by atoms with Crippen LogP contribution in [0.25, 0.3) is 0 Å². The van der Waals surface area contributed by atoms with Gasteiger partial charge in [0, 0.05) is 26.7 Å². The minimum absolute atomic E-state index is 0.713. The Kier molecular flexibility index (Phi) is 4.42. The Hall–Kier alpha value is -0.570. The minimum atomic E-state index is 0.713. The number of hydrogen-bond donors (Lipinski definition) is 0. The van der Waals surface area contributed by atoms with Gasteiger partial charge in [0.1, 0.15) is 0 Å². The van der Waals surface area contributed by atoms with E-state index in [4.69, 9.17) is 11.6 Å². The molecule has 0 nitrogen and oxygen atoms in total. The molecular formula is C16H15ClS2. The van der Waals surface area contributed by atoms with Crippen LogP contribution in [0.5, 0.6) is 0 Å². The molecule has 0 saturated heterocycles. The maximum absolute atomic E-state index is 6.17. The Morgan fingerprint density at radius 2 is 1.89 bits per heavy atom. The maximum atomic E-state index is 6.17. The second-order valence-electron chi connectivity index (χ2n) is 4.66. The van der Waals surface area contributed by atoms with Gasteiger partial charge in [0.2, 0.25) is 0 Å². The van der Waals surface area contributed by atoms with Gasteiger partial charge in [-0.15, -0.1) is 11.8 Å². The monoisotopic (exact) mass is 306 g/mol. The summed E-state index contributed by atoms with van der Waals surface area (Å²) in [7, 11) is 0. The molecule has 0 bridgehead atoms. The number of rotatable bonds is 4. The summed E-state index contributed by atoms with van der Waals surface area (Å²) < 4.78 is 0. The lowest BCUT2D eigenvalue weighted by Gasteiger charge is -2.08. The second-order valence-corrected chi connectivity index (χ2v) is 7.44. The van der Waals surface area contributed by atoms with E-state index in [-0.39, 0.29) is 0 Å². The van der Waals surface area contributed by atoms with E-state index in [0.717, 1.165) is 10.8 Å². The SMILES string of the molecule is Clc1ccccc1CSCC1Cc2ccccc2S1. The van der Waals surface area contributed by atoms with Gasteiger partial charge in [-0.05, 0) is 29.7 Å². The van der Waals surface area contributed by atoms with E-state index in [9.17, 15) is 0 Å². The van der Waals surface area contributed by atoms with E-state index in [1.54, 1.807) is 0 Å². The molecule has 0 amide bonds. The lowest BCUT2D eigenvalue weighted by atomic mass is 10.1. The minimum Gasteiger partial charge on any atom is -0.156 e. The molecule has 0 aliphatic carbocycles. The van der Waals surface area contributed by atoms with Crippen LogP contribution in [0.2, 0.25) is 5.02 Å². The van der Waals surface area contributed by atoms with E-state index in [1.807, 2.05) is 35.7 Å². The quantitative estimate of drug-likeness (QED) is 0.752. The number of halogens is 1. The Bertz CT molecular complexity index is 543. The predicted octanol–water partition coefficient (Wildman–Crippen LogP) is 5.29. The topological polar surface area (TPSA) is 0 Å². The highest BCUT2D eigenvalue weighted by Gasteiger charge is 2.21. The first-order valence-electron chi connectivity index (χ1n) is 6.38. The van der Waals surface area contributed by atoms with Crippen LogP contribution in [0.4, 0.5) is 0 Å². The van der Waals surface area contributed by atoms with Gasteiger partial charge in [0.25, 0.3) is 0 Å². The fraction of sp³-hybridized carbons (Fsp3) is 0.250. The van der Waals surface area contributed by atoms with Gasteiger partial charge in [-0.3, -0.25) is 0 Å². The van der Waals surface area contributed by atoms with Crippen molar-refractivity contribution in [2.24, 2.45) is 0 Å². The standard InChI is InChI=1S/C16H15ClS2/c17-15-7-3-1-6-13(15)10-18-11-14-9-12-5-2-4-8-16(12)19-14/h1-8,14H,9-11H2. The van der Waals surface area contributed by atoms with Crippen LogP contribution in [-0.2, 0) is 12.2 Å². The van der Waals surface area contributed by atoms with Crippen LogP contribution in [0.3, 0.4) is 0 Å². The molecule has 3 heteroatoms. The van der Waals surface area contributed by atoms with Crippen LogP contribution >= 0.6 is 35.1 Å². The van der Waals surface area contributed by atoms with E-state index < -0.39 is 0 Å². The number of thioether (sulfide) groups is 2. The van der Waals surface area contributed by atoms with E-state index in [2.05, 4.69) is 36.4 Å². The smallest absolute Gasteiger partial charge is 0.0446 e. The molecule has 0 aromatic heterocycles. The zero-order chi connectivity index (χ0) is 13.1. The van der Waals surface area contributed by atoms with Gasteiger partial charge in [-0.2, -0.15) is 11.8 Å². The fourth-order valence-electron chi connectivity index (χ4n) is 2.26. The van der Waals surface area contributed by atoms with Crippen molar-refractivity contribution in [2.75, 3.05) is 5.75 Å². The normalized spacial score (nSPS) is 17.4. The molecule has 1 heterocycles. The van der Waals surface area contributed by atoms with Crippen LogP contribution in [-0.4, -0.2) is 11.0 Å². The average molecular weight is 307 g/mol. The van der Waals surface area contributed by atoms with Crippen molar-refractivity contribution in [2.45, 2.75) is 22.3 Å². The third kappa shape index (κ3) is 3.31. The molecule has 0 N–H and O–H groups in total. The Morgan fingerprint density at radius 3 is 2.74 bits per heavy atom. The summed E-state index contributed by atoms with van der Waals surface area (Å²) in [4.78, 5) is 1.46. The van der Waals surface area contributed by atoms with Gasteiger partial charge in [0.15, 0.2) is 0 Å². The summed E-state index contributed by atoms with van der Waals surface area (Å²) >= 11 is 10.2.